The van der Waals surface area contributed by atoms with Crippen LogP contribution in [0.15, 0.2) is 12.1 Å². The molecule has 0 saturated carbocycles. The standard InChI is InChI=1S/C12H17F2NO/c1-7(2)9(3-4-15)12-10(14)5-8(13)6-11(12)16/h5-7,9,16H,3-4,15H2,1-2H3. The molecule has 4 heteroatoms. The molecule has 1 aromatic rings. The van der Waals surface area contributed by atoms with E-state index in [0.717, 1.165) is 12.1 Å². The largest absolute Gasteiger partial charge is 0.507 e. The summed E-state index contributed by atoms with van der Waals surface area (Å²) in [6, 6.07) is 1.73. The summed E-state index contributed by atoms with van der Waals surface area (Å²) >= 11 is 0. The summed E-state index contributed by atoms with van der Waals surface area (Å²) in [7, 11) is 0. The quantitative estimate of drug-likeness (QED) is 0.833. The van der Waals surface area contributed by atoms with Crippen molar-refractivity contribution in [3.05, 3.63) is 29.3 Å². The molecule has 0 radical (unpaired) electrons. The van der Waals surface area contributed by atoms with Gasteiger partial charge in [0.25, 0.3) is 0 Å². The highest BCUT2D eigenvalue weighted by molar-refractivity contribution is 5.37. The minimum absolute atomic E-state index is 0.134. The van der Waals surface area contributed by atoms with Crippen LogP contribution in [-0.4, -0.2) is 11.7 Å². The number of halogens is 2. The average molecular weight is 229 g/mol. The second-order valence-electron chi connectivity index (χ2n) is 4.25. The fraction of sp³-hybridized carbons (Fsp3) is 0.500. The van der Waals surface area contributed by atoms with Gasteiger partial charge in [-0.1, -0.05) is 13.8 Å². The molecule has 1 atom stereocenters. The molecule has 3 N–H and O–H groups in total. The van der Waals surface area contributed by atoms with Gasteiger partial charge in [-0.15, -0.1) is 0 Å². The Bertz CT molecular complexity index is 343. The zero-order chi connectivity index (χ0) is 12.3. The molecular weight excluding hydrogens is 212 g/mol. The average Bonchev–Trinajstić information content (AvgIpc) is 2.14. The lowest BCUT2D eigenvalue weighted by Gasteiger charge is -2.22. The number of phenols is 1. The molecule has 0 saturated heterocycles. The molecular formula is C12H17F2NO. The van der Waals surface area contributed by atoms with Gasteiger partial charge in [0, 0.05) is 17.7 Å². The molecule has 0 aromatic heterocycles. The van der Waals surface area contributed by atoms with Gasteiger partial charge in [-0.05, 0) is 24.8 Å². The first kappa shape index (κ1) is 12.9. The van der Waals surface area contributed by atoms with Crippen LogP contribution in [0.25, 0.3) is 0 Å². The smallest absolute Gasteiger partial charge is 0.133 e. The van der Waals surface area contributed by atoms with Crippen LogP contribution >= 0.6 is 0 Å². The molecule has 2 nitrogen and oxygen atoms in total. The summed E-state index contributed by atoms with van der Waals surface area (Å²) in [5.74, 6) is -1.86. The van der Waals surface area contributed by atoms with Crippen molar-refractivity contribution in [3.8, 4) is 5.75 Å². The van der Waals surface area contributed by atoms with Crippen molar-refractivity contribution in [1.29, 1.82) is 0 Å². The monoisotopic (exact) mass is 229 g/mol. The van der Waals surface area contributed by atoms with Crippen molar-refractivity contribution in [2.75, 3.05) is 6.54 Å². The second-order valence-corrected chi connectivity index (χ2v) is 4.25. The fourth-order valence-electron chi connectivity index (χ4n) is 1.93. The molecule has 0 fully saturated rings. The van der Waals surface area contributed by atoms with Crippen LogP contribution in [0.1, 0.15) is 31.7 Å². The van der Waals surface area contributed by atoms with Gasteiger partial charge in [0.2, 0.25) is 0 Å². The highest BCUT2D eigenvalue weighted by atomic mass is 19.1. The third-order valence-electron chi connectivity index (χ3n) is 2.73. The predicted octanol–water partition coefficient (Wildman–Crippen LogP) is 2.76. The van der Waals surface area contributed by atoms with Crippen molar-refractivity contribution in [2.45, 2.75) is 26.2 Å². The van der Waals surface area contributed by atoms with Crippen LogP contribution in [0.3, 0.4) is 0 Å². The summed E-state index contributed by atoms with van der Waals surface area (Å²) in [6.07, 6.45) is 0.563. The number of nitrogens with two attached hydrogens (primary N) is 1. The molecule has 1 unspecified atom stereocenters. The van der Waals surface area contributed by atoms with E-state index >= 15 is 0 Å². The number of hydrogen-bond donors (Lipinski definition) is 2. The van der Waals surface area contributed by atoms with E-state index in [2.05, 4.69) is 0 Å². The van der Waals surface area contributed by atoms with Crippen LogP contribution in [0.4, 0.5) is 8.78 Å². The number of hydrogen-bond acceptors (Lipinski definition) is 2. The molecule has 0 aliphatic heterocycles. The second kappa shape index (κ2) is 5.25. The van der Waals surface area contributed by atoms with E-state index in [9.17, 15) is 13.9 Å². The predicted molar refractivity (Wildman–Crippen MR) is 59.3 cm³/mol. The van der Waals surface area contributed by atoms with Crippen LogP contribution < -0.4 is 5.73 Å². The Morgan fingerprint density at radius 3 is 2.38 bits per heavy atom. The summed E-state index contributed by atoms with van der Waals surface area (Å²) < 4.78 is 26.4. The summed E-state index contributed by atoms with van der Waals surface area (Å²) in [5, 5.41) is 9.60. The van der Waals surface area contributed by atoms with Crippen LogP contribution in [0.2, 0.25) is 0 Å². The zero-order valence-electron chi connectivity index (χ0n) is 9.50. The molecule has 90 valence electrons. The fourth-order valence-corrected chi connectivity index (χ4v) is 1.93. The summed E-state index contributed by atoms with van der Waals surface area (Å²) in [6.45, 7) is 4.24. The van der Waals surface area contributed by atoms with E-state index in [1.807, 2.05) is 13.8 Å². The van der Waals surface area contributed by atoms with Gasteiger partial charge >= 0.3 is 0 Å². The Hall–Kier alpha value is -1.16. The lowest BCUT2D eigenvalue weighted by Crippen LogP contribution is -2.14. The van der Waals surface area contributed by atoms with Crippen molar-refractivity contribution in [3.63, 3.8) is 0 Å². The zero-order valence-corrected chi connectivity index (χ0v) is 9.50. The van der Waals surface area contributed by atoms with E-state index < -0.39 is 11.6 Å². The molecule has 0 spiro atoms. The molecule has 0 heterocycles. The maximum Gasteiger partial charge on any atom is 0.133 e. The Balaban J connectivity index is 3.18. The first-order valence-electron chi connectivity index (χ1n) is 5.35. The first-order chi connectivity index (χ1) is 7.47. The maximum atomic E-state index is 13.6. The summed E-state index contributed by atoms with van der Waals surface area (Å²) in [5.41, 5.74) is 5.62. The lowest BCUT2D eigenvalue weighted by atomic mass is 9.85. The third kappa shape index (κ3) is 2.70. The summed E-state index contributed by atoms with van der Waals surface area (Å²) in [4.78, 5) is 0. The molecule has 16 heavy (non-hydrogen) atoms. The van der Waals surface area contributed by atoms with Gasteiger partial charge in [-0.25, -0.2) is 8.78 Å². The van der Waals surface area contributed by atoms with Crippen LogP contribution in [0, 0.1) is 17.6 Å². The Kier molecular flexibility index (Phi) is 4.24. The normalized spacial score (nSPS) is 13.1. The number of rotatable bonds is 4. The highest BCUT2D eigenvalue weighted by Crippen LogP contribution is 2.36. The molecule has 1 aromatic carbocycles. The van der Waals surface area contributed by atoms with Crippen molar-refractivity contribution in [1.82, 2.24) is 0 Å². The van der Waals surface area contributed by atoms with Gasteiger partial charge in [-0.2, -0.15) is 0 Å². The lowest BCUT2D eigenvalue weighted by molar-refractivity contribution is 0.402. The van der Waals surface area contributed by atoms with Gasteiger partial charge in [-0.3, -0.25) is 0 Å². The highest BCUT2D eigenvalue weighted by Gasteiger charge is 2.23. The molecule has 1 rings (SSSR count). The van der Waals surface area contributed by atoms with E-state index in [0.29, 0.717) is 13.0 Å². The van der Waals surface area contributed by atoms with E-state index in [1.54, 1.807) is 0 Å². The third-order valence-corrected chi connectivity index (χ3v) is 2.73. The Morgan fingerprint density at radius 1 is 1.31 bits per heavy atom. The van der Waals surface area contributed by atoms with Crippen LogP contribution in [-0.2, 0) is 0 Å². The van der Waals surface area contributed by atoms with Crippen molar-refractivity contribution < 1.29 is 13.9 Å². The SMILES string of the molecule is CC(C)C(CCN)c1c(O)cc(F)cc1F. The van der Waals surface area contributed by atoms with Crippen molar-refractivity contribution >= 4 is 0 Å². The van der Waals surface area contributed by atoms with E-state index in [1.165, 1.54) is 0 Å². The minimum atomic E-state index is -0.769. The van der Waals surface area contributed by atoms with E-state index in [-0.39, 0.29) is 23.1 Å². The maximum absolute atomic E-state index is 13.6. The van der Waals surface area contributed by atoms with E-state index in [4.69, 9.17) is 5.73 Å². The van der Waals surface area contributed by atoms with Gasteiger partial charge in [0.1, 0.15) is 17.4 Å². The molecule has 0 bridgehead atoms. The van der Waals surface area contributed by atoms with Crippen LogP contribution in [0.5, 0.6) is 5.75 Å². The Morgan fingerprint density at radius 2 is 1.94 bits per heavy atom. The topological polar surface area (TPSA) is 46.2 Å². The van der Waals surface area contributed by atoms with Gasteiger partial charge in [0.15, 0.2) is 0 Å². The first-order valence-corrected chi connectivity index (χ1v) is 5.35. The van der Waals surface area contributed by atoms with Gasteiger partial charge in [0.05, 0.1) is 0 Å². The number of benzene rings is 1. The molecule has 0 aliphatic rings. The Labute approximate surface area is 94.1 Å². The number of phenolic OH excluding ortho intramolecular Hbond substituents is 1. The van der Waals surface area contributed by atoms with Gasteiger partial charge < -0.3 is 10.8 Å². The van der Waals surface area contributed by atoms with Crippen molar-refractivity contribution in [2.24, 2.45) is 11.7 Å². The molecule has 0 aliphatic carbocycles. The minimum Gasteiger partial charge on any atom is -0.507 e. The molecule has 0 amide bonds. The number of aromatic hydroxyl groups is 1.